The zero-order valence-electron chi connectivity index (χ0n) is 11.2. The van der Waals surface area contributed by atoms with Crippen molar-refractivity contribution < 1.29 is 9.53 Å². The van der Waals surface area contributed by atoms with Crippen LogP contribution in [-0.4, -0.2) is 12.5 Å². The standard InChI is InChI=1S/C16H16BrNO2/c1-2-11-20-15-6-4-3-5-14(15)18-16(19)12-7-9-13(17)10-8-12/h3-10H,2,11H2,1H3,(H,18,19). The summed E-state index contributed by atoms with van der Waals surface area (Å²) in [6.07, 6.45) is 0.926. The van der Waals surface area contributed by atoms with Crippen molar-refractivity contribution in [3.8, 4) is 5.75 Å². The van der Waals surface area contributed by atoms with E-state index in [-0.39, 0.29) is 5.91 Å². The monoisotopic (exact) mass is 333 g/mol. The molecule has 2 aromatic carbocycles. The molecule has 0 bridgehead atoms. The largest absolute Gasteiger partial charge is 0.491 e. The van der Waals surface area contributed by atoms with E-state index in [4.69, 9.17) is 4.74 Å². The van der Waals surface area contributed by atoms with Crippen molar-refractivity contribution in [2.24, 2.45) is 0 Å². The van der Waals surface area contributed by atoms with Gasteiger partial charge in [-0.3, -0.25) is 4.79 Å². The van der Waals surface area contributed by atoms with Crippen molar-refractivity contribution in [3.63, 3.8) is 0 Å². The Morgan fingerprint density at radius 1 is 1.15 bits per heavy atom. The predicted octanol–water partition coefficient (Wildman–Crippen LogP) is 4.49. The third-order valence-corrected chi connectivity index (χ3v) is 3.23. The number of ether oxygens (including phenoxy) is 1. The average molecular weight is 334 g/mol. The van der Waals surface area contributed by atoms with Gasteiger partial charge in [-0.25, -0.2) is 0 Å². The number of halogens is 1. The molecule has 1 N–H and O–H groups in total. The number of anilines is 1. The second kappa shape index (κ2) is 7.10. The molecule has 2 aromatic rings. The quantitative estimate of drug-likeness (QED) is 0.875. The maximum atomic E-state index is 12.2. The molecule has 0 radical (unpaired) electrons. The molecule has 0 atom stereocenters. The van der Waals surface area contributed by atoms with Gasteiger partial charge in [-0.1, -0.05) is 35.0 Å². The van der Waals surface area contributed by atoms with Crippen LogP contribution >= 0.6 is 15.9 Å². The molecule has 0 spiro atoms. The lowest BCUT2D eigenvalue weighted by Gasteiger charge is -2.11. The molecule has 0 aliphatic heterocycles. The van der Waals surface area contributed by atoms with Gasteiger partial charge in [-0.05, 0) is 42.8 Å². The number of hydrogen-bond donors (Lipinski definition) is 1. The Kier molecular flexibility index (Phi) is 5.18. The number of carbonyl (C=O) groups excluding carboxylic acids is 1. The summed E-state index contributed by atoms with van der Waals surface area (Å²) in [5.74, 6) is 0.546. The van der Waals surface area contributed by atoms with Crippen molar-refractivity contribution in [1.29, 1.82) is 0 Å². The summed E-state index contributed by atoms with van der Waals surface area (Å²) in [6, 6.07) is 14.7. The third-order valence-electron chi connectivity index (χ3n) is 2.70. The number of carbonyl (C=O) groups is 1. The van der Waals surface area contributed by atoms with E-state index in [1.54, 1.807) is 12.1 Å². The lowest BCUT2D eigenvalue weighted by molar-refractivity contribution is 0.102. The summed E-state index contributed by atoms with van der Waals surface area (Å²) >= 11 is 3.35. The lowest BCUT2D eigenvalue weighted by atomic mass is 10.2. The Hall–Kier alpha value is -1.81. The molecule has 0 saturated heterocycles. The zero-order chi connectivity index (χ0) is 14.4. The fourth-order valence-corrected chi connectivity index (χ4v) is 1.97. The van der Waals surface area contributed by atoms with Crippen LogP contribution in [0.1, 0.15) is 23.7 Å². The van der Waals surface area contributed by atoms with Crippen LogP contribution in [0.15, 0.2) is 53.0 Å². The highest BCUT2D eigenvalue weighted by Crippen LogP contribution is 2.24. The number of amides is 1. The van der Waals surface area contributed by atoms with Gasteiger partial charge in [0.15, 0.2) is 0 Å². The van der Waals surface area contributed by atoms with E-state index in [1.807, 2.05) is 43.3 Å². The summed E-state index contributed by atoms with van der Waals surface area (Å²) in [5.41, 5.74) is 1.30. The molecule has 104 valence electrons. The first kappa shape index (κ1) is 14.6. The zero-order valence-corrected chi connectivity index (χ0v) is 12.8. The van der Waals surface area contributed by atoms with Crippen molar-refractivity contribution in [3.05, 3.63) is 58.6 Å². The van der Waals surface area contributed by atoms with Crippen molar-refractivity contribution in [2.45, 2.75) is 13.3 Å². The second-order valence-corrected chi connectivity index (χ2v) is 5.22. The summed E-state index contributed by atoms with van der Waals surface area (Å²) in [4.78, 5) is 12.2. The van der Waals surface area contributed by atoms with Gasteiger partial charge in [0.1, 0.15) is 5.75 Å². The minimum atomic E-state index is -0.148. The van der Waals surface area contributed by atoms with Gasteiger partial charge in [-0.2, -0.15) is 0 Å². The molecule has 0 heterocycles. The van der Waals surface area contributed by atoms with Crippen LogP contribution in [0.25, 0.3) is 0 Å². The third kappa shape index (κ3) is 3.84. The first-order chi connectivity index (χ1) is 9.70. The summed E-state index contributed by atoms with van der Waals surface area (Å²) in [5, 5.41) is 2.88. The Balaban J connectivity index is 2.13. The van der Waals surface area contributed by atoms with Gasteiger partial charge in [0.2, 0.25) is 0 Å². The smallest absolute Gasteiger partial charge is 0.255 e. The summed E-state index contributed by atoms with van der Waals surface area (Å²) < 4.78 is 6.57. The Morgan fingerprint density at radius 2 is 1.85 bits per heavy atom. The molecule has 0 saturated carbocycles. The molecule has 4 heteroatoms. The van der Waals surface area contributed by atoms with Crippen molar-refractivity contribution >= 4 is 27.5 Å². The van der Waals surface area contributed by atoms with E-state index in [1.165, 1.54) is 0 Å². The Bertz CT molecular complexity index is 581. The van der Waals surface area contributed by atoms with Gasteiger partial charge < -0.3 is 10.1 Å². The van der Waals surface area contributed by atoms with Gasteiger partial charge in [0.25, 0.3) is 5.91 Å². The van der Waals surface area contributed by atoms with E-state index in [0.717, 1.165) is 10.9 Å². The van der Waals surface area contributed by atoms with Crippen LogP contribution in [0, 0.1) is 0 Å². The van der Waals surface area contributed by atoms with Crippen LogP contribution in [0.5, 0.6) is 5.75 Å². The summed E-state index contributed by atoms with van der Waals surface area (Å²) in [7, 11) is 0. The van der Waals surface area contributed by atoms with E-state index in [0.29, 0.717) is 23.6 Å². The molecule has 20 heavy (non-hydrogen) atoms. The maximum Gasteiger partial charge on any atom is 0.255 e. The molecule has 3 nitrogen and oxygen atoms in total. The van der Waals surface area contributed by atoms with Crippen molar-refractivity contribution in [1.82, 2.24) is 0 Å². The molecule has 0 unspecified atom stereocenters. The van der Waals surface area contributed by atoms with E-state index in [9.17, 15) is 4.79 Å². The van der Waals surface area contributed by atoms with Gasteiger partial charge in [0, 0.05) is 10.0 Å². The van der Waals surface area contributed by atoms with E-state index < -0.39 is 0 Å². The minimum Gasteiger partial charge on any atom is -0.491 e. The molecular weight excluding hydrogens is 318 g/mol. The molecule has 0 aliphatic carbocycles. The maximum absolute atomic E-state index is 12.2. The van der Waals surface area contributed by atoms with Crippen LogP contribution < -0.4 is 10.1 Å². The fourth-order valence-electron chi connectivity index (χ4n) is 1.70. The molecule has 0 fully saturated rings. The van der Waals surface area contributed by atoms with Crippen molar-refractivity contribution in [2.75, 3.05) is 11.9 Å². The van der Waals surface area contributed by atoms with Gasteiger partial charge in [-0.15, -0.1) is 0 Å². The molecule has 0 aliphatic rings. The normalized spacial score (nSPS) is 10.1. The van der Waals surface area contributed by atoms with Gasteiger partial charge in [0.05, 0.1) is 12.3 Å². The Morgan fingerprint density at radius 3 is 2.55 bits per heavy atom. The summed E-state index contributed by atoms with van der Waals surface area (Å²) in [6.45, 7) is 2.67. The molecular formula is C16H16BrNO2. The number of rotatable bonds is 5. The molecule has 1 amide bonds. The van der Waals surface area contributed by atoms with E-state index >= 15 is 0 Å². The van der Waals surface area contributed by atoms with Crippen LogP contribution in [0.3, 0.4) is 0 Å². The molecule has 2 rings (SSSR count). The minimum absolute atomic E-state index is 0.148. The number of hydrogen-bond acceptors (Lipinski definition) is 2. The number of para-hydroxylation sites is 2. The second-order valence-electron chi connectivity index (χ2n) is 4.31. The SMILES string of the molecule is CCCOc1ccccc1NC(=O)c1ccc(Br)cc1. The first-order valence-electron chi connectivity index (χ1n) is 6.49. The van der Waals surface area contributed by atoms with E-state index in [2.05, 4.69) is 21.2 Å². The highest BCUT2D eigenvalue weighted by molar-refractivity contribution is 9.10. The molecule has 0 aromatic heterocycles. The lowest BCUT2D eigenvalue weighted by Crippen LogP contribution is -2.12. The number of nitrogens with one attached hydrogen (secondary N) is 1. The van der Waals surface area contributed by atoms with Crippen LogP contribution in [0.2, 0.25) is 0 Å². The highest BCUT2D eigenvalue weighted by atomic mass is 79.9. The first-order valence-corrected chi connectivity index (χ1v) is 7.28. The average Bonchev–Trinajstić information content (AvgIpc) is 2.47. The topological polar surface area (TPSA) is 38.3 Å². The van der Waals surface area contributed by atoms with Crippen LogP contribution in [0.4, 0.5) is 5.69 Å². The van der Waals surface area contributed by atoms with Gasteiger partial charge >= 0.3 is 0 Å². The Labute approximate surface area is 127 Å². The predicted molar refractivity (Wildman–Crippen MR) is 84.3 cm³/mol. The van der Waals surface area contributed by atoms with Crippen LogP contribution in [-0.2, 0) is 0 Å². The highest BCUT2D eigenvalue weighted by Gasteiger charge is 2.09. The number of benzene rings is 2. The fraction of sp³-hybridized carbons (Fsp3) is 0.188.